The van der Waals surface area contributed by atoms with Crippen molar-refractivity contribution in [3.05, 3.63) is 75.8 Å². The minimum Gasteiger partial charge on any atom is -0.319 e. The summed E-state index contributed by atoms with van der Waals surface area (Å²) in [5.74, 6) is -0.315. The van der Waals surface area contributed by atoms with Crippen LogP contribution in [0, 0.1) is 10.1 Å². The minimum atomic E-state index is -1.07. The predicted molar refractivity (Wildman–Crippen MR) is 90.6 cm³/mol. The molecule has 1 saturated heterocycles. The van der Waals surface area contributed by atoms with Gasteiger partial charge >= 0.3 is 6.03 Å². The summed E-state index contributed by atoms with van der Waals surface area (Å²) in [6.07, 6.45) is 0.429. The fraction of sp³-hybridized carbons (Fsp3) is 0.222. The van der Waals surface area contributed by atoms with Gasteiger partial charge in [-0.05, 0) is 17.5 Å². The molecule has 0 aliphatic carbocycles. The second-order valence-corrected chi connectivity index (χ2v) is 5.87. The second kappa shape index (κ2) is 6.35. The highest BCUT2D eigenvalue weighted by Gasteiger charge is 2.50. The van der Waals surface area contributed by atoms with Gasteiger partial charge in [-0.2, -0.15) is 0 Å². The van der Waals surface area contributed by atoms with Gasteiger partial charge in [-0.25, -0.2) is 4.79 Å². The van der Waals surface area contributed by atoms with Gasteiger partial charge in [-0.15, -0.1) is 0 Å². The molecule has 1 aliphatic rings. The average Bonchev–Trinajstić information content (AvgIpc) is 2.88. The van der Waals surface area contributed by atoms with Crippen LogP contribution < -0.4 is 5.32 Å². The van der Waals surface area contributed by atoms with Gasteiger partial charge in [0.15, 0.2) is 0 Å². The molecule has 0 unspecified atom stereocenters. The molecule has 1 atom stereocenters. The Kier molecular flexibility index (Phi) is 4.22. The molecule has 1 aliphatic heterocycles. The number of hydrogen-bond donors (Lipinski definition) is 1. The van der Waals surface area contributed by atoms with Gasteiger partial charge in [0.25, 0.3) is 11.6 Å². The van der Waals surface area contributed by atoms with Crippen molar-refractivity contribution in [2.75, 3.05) is 0 Å². The number of non-ortho nitro benzene ring substituents is 1. The van der Waals surface area contributed by atoms with Gasteiger partial charge < -0.3 is 5.32 Å². The molecule has 7 heteroatoms. The maximum absolute atomic E-state index is 13.0. The normalized spacial score (nSPS) is 19.8. The molecule has 0 radical (unpaired) electrons. The van der Waals surface area contributed by atoms with Crippen molar-refractivity contribution in [2.24, 2.45) is 0 Å². The summed E-state index contributed by atoms with van der Waals surface area (Å²) < 4.78 is 0. The van der Waals surface area contributed by atoms with Crippen molar-refractivity contribution in [2.45, 2.75) is 25.4 Å². The molecule has 0 bridgehead atoms. The van der Waals surface area contributed by atoms with Crippen molar-refractivity contribution >= 4 is 17.6 Å². The standard InChI is InChI=1S/C18H17N3O4/c1-2-18(14-6-4-3-5-7-14)16(22)20(17(23)19-18)12-13-8-10-15(11-9-13)21(24)25/h3-11H,2,12H2,1H3,(H,19,23)/t18-/m1/s1. The van der Waals surface area contributed by atoms with Crippen LogP contribution in [0.1, 0.15) is 24.5 Å². The van der Waals surface area contributed by atoms with Gasteiger partial charge in [-0.1, -0.05) is 49.4 Å². The first kappa shape index (κ1) is 16.6. The summed E-state index contributed by atoms with van der Waals surface area (Å²) in [6, 6.07) is 14.5. The van der Waals surface area contributed by atoms with Gasteiger partial charge in [0, 0.05) is 12.1 Å². The summed E-state index contributed by atoms with van der Waals surface area (Å²) in [7, 11) is 0. The number of carbonyl (C=O) groups is 2. The van der Waals surface area contributed by atoms with Crippen LogP contribution in [0.5, 0.6) is 0 Å². The largest absolute Gasteiger partial charge is 0.325 e. The van der Waals surface area contributed by atoms with E-state index in [-0.39, 0.29) is 18.1 Å². The van der Waals surface area contributed by atoms with Crippen LogP contribution in [0.2, 0.25) is 0 Å². The Morgan fingerprint density at radius 1 is 1.08 bits per heavy atom. The fourth-order valence-corrected chi connectivity index (χ4v) is 3.04. The minimum absolute atomic E-state index is 0.0341. The van der Waals surface area contributed by atoms with Crippen LogP contribution in [0.3, 0.4) is 0 Å². The van der Waals surface area contributed by atoms with Gasteiger partial charge in [-0.3, -0.25) is 19.8 Å². The van der Waals surface area contributed by atoms with Crippen molar-refractivity contribution in [1.29, 1.82) is 0 Å². The third-order valence-electron chi connectivity index (χ3n) is 4.46. The van der Waals surface area contributed by atoms with E-state index in [4.69, 9.17) is 0 Å². The summed E-state index contributed by atoms with van der Waals surface area (Å²) >= 11 is 0. The Balaban J connectivity index is 1.87. The number of nitrogens with one attached hydrogen (secondary N) is 1. The summed E-state index contributed by atoms with van der Waals surface area (Å²) in [5, 5.41) is 13.5. The molecule has 3 amide bonds. The molecule has 1 fully saturated rings. The number of amides is 3. The number of carbonyl (C=O) groups excluding carboxylic acids is 2. The van der Waals surface area contributed by atoms with Crippen molar-refractivity contribution in [1.82, 2.24) is 10.2 Å². The predicted octanol–water partition coefficient (Wildman–Crippen LogP) is 2.95. The lowest BCUT2D eigenvalue weighted by molar-refractivity contribution is -0.384. The number of rotatable bonds is 5. The lowest BCUT2D eigenvalue weighted by Crippen LogP contribution is -2.43. The van der Waals surface area contributed by atoms with E-state index in [2.05, 4.69) is 5.32 Å². The van der Waals surface area contributed by atoms with Gasteiger partial charge in [0.2, 0.25) is 0 Å². The molecule has 0 spiro atoms. The topological polar surface area (TPSA) is 92.6 Å². The summed E-state index contributed by atoms with van der Waals surface area (Å²) in [4.78, 5) is 36.8. The van der Waals surface area contributed by atoms with E-state index in [1.165, 1.54) is 12.1 Å². The Morgan fingerprint density at radius 2 is 1.72 bits per heavy atom. The number of nitrogens with zero attached hydrogens (tertiary/aromatic N) is 2. The molecular weight excluding hydrogens is 322 g/mol. The Morgan fingerprint density at radius 3 is 2.28 bits per heavy atom. The van der Waals surface area contributed by atoms with E-state index in [1.54, 1.807) is 12.1 Å². The Bertz CT molecular complexity index is 820. The molecule has 2 aromatic rings. The molecule has 1 heterocycles. The van der Waals surface area contributed by atoms with Crippen molar-refractivity contribution in [3.8, 4) is 0 Å². The molecular formula is C18H17N3O4. The summed E-state index contributed by atoms with van der Waals surface area (Å²) in [5.41, 5.74) is 0.281. The lowest BCUT2D eigenvalue weighted by Gasteiger charge is -2.25. The highest BCUT2D eigenvalue weighted by molar-refractivity contribution is 6.07. The maximum atomic E-state index is 13.0. The van der Waals surface area contributed by atoms with Crippen LogP contribution in [0.15, 0.2) is 54.6 Å². The molecule has 25 heavy (non-hydrogen) atoms. The fourth-order valence-electron chi connectivity index (χ4n) is 3.04. The van der Waals surface area contributed by atoms with Crippen LogP contribution in [-0.2, 0) is 16.9 Å². The van der Waals surface area contributed by atoms with E-state index in [0.29, 0.717) is 12.0 Å². The van der Waals surface area contributed by atoms with E-state index < -0.39 is 16.5 Å². The Labute approximate surface area is 144 Å². The second-order valence-electron chi connectivity index (χ2n) is 5.87. The zero-order valence-corrected chi connectivity index (χ0v) is 13.6. The van der Waals surface area contributed by atoms with Crippen LogP contribution in [0.4, 0.5) is 10.5 Å². The molecule has 1 N–H and O–H groups in total. The van der Waals surface area contributed by atoms with E-state index in [9.17, 15) is 19.7 Å². The molecule has 3 rings (SSSR count). The lowest BCUT2D eigenvalue weighted by atomic mass is 9.87. The maximum Gasteiger partial charge on any atom is 0.325 e. The first-order valence-electron chi connectivity index (χ1n) is 7.91. The number of hydrogen-bond acceptors (Lipinski definition) is 4. The number of benzene rings is 2. The van der Waals surface area contributed by atoms with E-state index in [0.717, 1.165) is 10.5 Å². The molecule has 0 aromatic heterocycles. The third-order valence-corrected chi connectivity index (χ3v) is 4.46. The average molecular weight is 339 g/mol. The smallest absolute Gasteiger partial charge is 0.319 e. The van der Waals surface area contributed by atoms with Gasteiger partial charge in [0.05, 0.1) is 11.5 Å². The van der Waals surface area contributed by atoms with E-state index in [1.807, 2.05) is 37.3 Å². The van der Waals surface area contributed by atoms with Crippen LogP contribution in [-0.4, -0.2) is 21.8 Å². The third kappa shape index (κ3) is 2.84. The number of imide groups is 1. The quantitative estimate of drug-likeness (QED) is 0.515. The van der Waals surface area contributed by atoms with Crippen molar-refractivity contribution in [3.63, 3.8) is 0 Å². The zero-order chi connectivity index (χ0) is 18.0. The monoisotopic (exact) mass is 339 g/mol. The number of urea groups is 1. The highest BCUT2D eigenvalue weighted by Crippen LogP contribution is 2.33. The molecule has 0 saturated carbocycles. The van der Waals surface area contributed by atoms with Crippen LogP contribution >= 0.6 is 0 Å². The van der Waals surface area contributed by atoms with Crippen molar-refractivity contribution < 1.29 is 14.5 Å². The molecule has 128 valence electrons. The molecule has 7 nitrogen and oxygen atoms in total. The summed E-state index contributed by atoms with van der Waals surface area (Å²) in [6.45, 7) is 1.91. The first-order chi connectivity index (χ1) is 12.0. The SMILES string of the molecule is CC[C@]1(c2ccccc2)NC(=O)N(Cc2ccc([N+](=O)[O-])cc2)C1=O. The Hall–Kier alpha value is -3.22. The first-order valence-corrected chi connectivity index (χ1v) is 7.91. The number of nitro groups is 1. The zero-order valence-electron chi connectivity index (χ0n) is 13.6. The van der Waals surface area contributed by atoms with Crippen LogP contribution in [0.25, 0.3) is 0 Å². The van der Waals surface area contributed by atoms with Gasteiger partial charge in [0.1, 0.15) is 5.54 Å². The highest BCUT2D eigenvalue weighted by atomic mass is 16.6. The van der Waals surface area contributed by atoms with E-state index >= 15 is 0 Å². The molecule has 2 aromatic carbocycles. The number of nitro benzene ring substituents is 1.